The Morgan fingerprint density at radius 2 is 1.58 bits per heavy atom. The quantitative estimate of drug-likeness (QED) is 0.551. The maximum Gasteiger partial charge on any atom is 0.330 e. The maximum atomic E-state index is 12.1. The predicted octanol–water partition coefficient (Wildman–Crippen LogP) is 2.30. The molecule has 0 bridgehead atoms. The smallest absolute Gasteiger partial charge is 0.330 e. The first kappa shape index (κ1) is 22.2. The van der Waals surface area contributed by atoms with Crippen molar-refractivity contribution in [3.05, 3.63) is 93.3 Å². The van der Waals surface area contributed by atoms with Crippen LogP contribution in [-0.2, 0) is 24.8 Å². The molecule has 0 spiro atoms. The van der Waals surface area contributed by atoms with Crippen LogP contribution in [0.5, 0.6) is 0 Å². The van der Waals surface area contributed by atoms with Gasteiger partial charge in [0.1, 0.15) is 0 Å². The molecule has 162 valence electrons. The average Bonchev–Trinajstić information content (AvgIpc) is 2.78. The Morgan fingerprint density at radius 3 is 2.23 bits per heavy atom. The topological polar surface area (TPSA) is 102 Å². The molecule has 0 fully saturated rings. The molecule has 1 aromatic heterocycles. The third-order valence-electron chi connectivity index (χ3n) is 5.51. The lowest BCUT2D eigenvalue weighted by molar-refractivity contribution is -0.146. The fourth-order valence-corrected chi connectivity index (χ4v) is 3.56. The molecule has 0 saturated carbocycles. The van der Waals surface area contributed by atoms with Crippen molar-refractivity contribution >= 4 is 5.97 Å². The summed E-state index contributed by atoms with van der Waals surface area (Å²) >= 11 is 0. The van der Waals surface area contributed by atoms with Crippen molar-refractivity contribution in [2.75, 3.05) is 0 Å². The van der Waals surface area contributed by atoms with Crippen LogP contribution in [0.2, 0.25) is 0 Å². The van der Waals surface area contributed by atoms with Crippen LogP contribution in [0.1, 0.15) is 18.4 Å². The molecule has 31 heavy (non-hydrogen) atoms. The standard InChI is InChI=1S/C24H26N2O5/c1-25-22(28)14-16-26(24(25)31)15-13-20(23(29)30)21(27)12-9-17-7-10-19(11-8-17)18-5-3-2-4-6-18/h2-8,10-11,14,16,20-21,27H,9,12-13,15H2,1H3,(H,29,30). The lowest BCUT2D eigenvalue weighted by atomic mass is 9.93. The van der Waals surface area contributed by atoms with Crippen molar-refractivity contribution in [3.8, 4) is 11.1 Å². The minimum Gasteiger partial charge on any atom is -0.481 e. The number of hydrogen-bond acceptors (Lipinski definition) is 4. The highest BCUT2D eigenvalue weighted by molar-refractivity contribution is 5.70. The molecule has 0 radical (unpaired) electrons. The van der Waals surface area contributed by atoms with E-state index in [1.165, 1.54) is 23.9 Å². The number of carboxylic acids is 1. The van der Waals surface area contributed by atoms with E-state index in [4.69, 9.17) is 0 Å². The van der Waals surface area contributed by atoms with Gasteiger partial charge < -0.3 is 14.8 Å². The lowest BCUT2D eigenvalue weighted by Gasteiger charge is -2.20. The van der Waals surface area contributed by atoms with Gasteiger partial charge in [-0.3, -0.25) is 14.2 Å². The molecule has 0 aliphatic heterocycles. The van der Waals surface area contributed by atoms with Gasteiger partial charge in [-0.05, 0) is 36.0 Å². The number of aliphatic hydroxyl groups excluding tert-OH is 1. The van der Waals surface area contributed by atoms with Crippen molar-refractivity contribution < 1.29 is 15.0 Å². The van der Waals surface area contributed by atoms with Crippen molar-refractivity contribution in [1.82, 2.24) is 9.13 Å². The number of rotatable bonds is 9. The molecule has 2 atom stereocenters. The SMILES string of the molecule is Cn1c(=O)ccn(CCC(C(=O)O)C(O)CCc2ccc(-c3ccccc3)cc2)c1=O. The zero-order valence-electron chi connectivity index (χ0n) is 17.3. The Bertz CT molecular complexity index is 1130. The van der Waals surface area contributed by atoms with Gasteiger partial charge >= 0.3 is 11.7 Å². The molecule has 2 N–H and O–H groups in total. The van der Waals surface area contributed by atoms with Crippen molar-refractivity contribution in [3.63, 3.8) is 0 Å². The summed E-state index contributed by atoms with van der Waals surface area (Å²) in [6.07, 6.45) is 1.23. The zero-order valence-corrected chi connectivity index (χ0v) is 17.3. The van der Waals surface area contributed by atoms with Crippen LogP contribution in [0.15, 0.2) is 76.4 Å². The summed E-state index contributed by atoms with van der Waals surface area (Å²) in [4.78, 5) is 35.3. The Kier molecular flexibility index (Phi) is 7.20. The summed E-state index contributed by atoms with van der Waals surface area (Å²) in [7, 11) is 1.37. The number of hydrogen-bond donors (Lipinski definition) is 2. The fourth-order valence-electron chi connectivity index (χ4n) is 3.56. The molecule has 3 rings (SSSR count). The molecule has 1 heterocycles. The third kappa shape index (κ3) is 5.58. The monoisotopic (exact) mass is 422 g/mol. The minimum atomic E-state index is -1.11. The van der Waals surface area contributed by atoms with Crippen LogP contribution in [0.4, 0.5) is 0 Å². The van der Waals surface area contributed by atoms with E-state index < -0.39 is 29.2 Å². The van der Waals surface area contributed by atoms with E-state index in [1.54, 1.807) is 0 Å². The summed E-state index contributed by atoms with van der Waals surface area (Å²) in [6, 6.07) is 19.2. The highest BCUT2D eigenvalue weighted by Gasteiger charge is 2.26. The van der Waals surface area contributed by atoms with E-state index in [0.29, 0.717) is 12.8 Å². The van der Waals surface area contributed by atoms with Crippen LogP contribution in [-0.4, -0.2) is 31.4 Å². The number of nitrogens with zero attached hydrogens (tertiary/aromatic N) is 2. The average molecular weight is 422 g/mol. The Balaban J connectivity index is 1.60. The molecule has 7 heteroatoms. The van der Waals surface area contributed by atoms with Crippen LogP contribution in [0, 0.1) is 5.92 Å². The minimum absolute atomic E-state index is 0.0849. The maximum absolute atomic E-state index is 12.1. The predicted molar refractivity (Wildman–Crippen MR) is 118 cm³/mol. The number of aliphatic hydroxyl groups is 1. The molecular weight excluding hydrogens is 396 g/mol. The number of benzene rings is 2. The second-order valence-electron chi connectivity index (χ2n) is 7.59. The van der Waals surface area contributed by atoms with Gasteiger partial charge in [0.25, 0.3) is 5.56 Å². The van der Waals surface area contributed by atoms with E-state index in [1.807, 2.05) is 54.6 Å². The Labute approximate surface area is 179 Å². The van der Waals surface area contributed by atoms with E-state index in [2.05, 4.69) is 0 Å². The van der Waals surface area contributed by atoms with Gasteiger partial charge in [-0.1, -0.05) is 54.6 Å². The normalized spacial score (nSPS) is 13.0. The molecule has 3 aromatic rings. The van der Waals surface area contributed by atoms with Crippen molar-refractivity contribution in [2.24, 2.45) is 13.0 Å². The summed E-state index contributed by atoms with van der Waals surface area (Å²) in [5.74, 6) is -2.11. The number of aryl methyl sites for hydroxylation is 2. The van der Waals surface area contributed by atoms with E-state index in [9.17, 15) is 24.6 Å². The molecule has 2 aromatic carbocycles. The first-order valence-electron chi connectivity index (χ1n) is 10.2. The molecule has 7 nitrogen and oxygen atoms in total. The van der Waals surface area contributed by atoms with Crippen molar-refractivity contribution in [2.45, 2.75) is 31.9 Å². The number of aromatic nitrogens is 2. The molecule has 0 saturated heterocycles. The molecule has 0 amide bonds. The lowest BCUT2D eigenvalue weighted by Crippen LogP contribution is -2.38. The Hall–Kier alpha value is -3.45. The first-order valence-corrected chi connectivity index (χ1v) is 10.2. The van der Waals surface area contributed by atoms with Gasteiger partial charge in [0, 0.05) is 25.9 Å². The summed E-state index contributed by atoms with van der Waals surface area (Å²) in [6.45, 7) is 0.104. The number of carbonyl (C=O) groups is 1. The molecule has 0 aliphatic rings. The van der Waals surface area contributed by atoms with Crippen LogP contribution < -0.4 is 11.2 Å². The summed E-state index contributed by atoms with van der Waals surface area (Å²) < 4.78 is 2.25. The fraction of sp³-hybridized carbons (Fsp3) is 0.292. The second-order valence-corrected chi connectivity index (χ2v) is 7.59. The molecule has 2 unspecified atom stereocenters. The zero-order chi connectivity index (χ0) is 22.4. The first-order chi connectivity index (χ1) is 14.9. The highest BCUT2D eigenvalue weighted by Crippen LogP contribution is 2.21. The van der Waals surface area contributed by atoms with Crippen LogP contribution >= 0.6 is 0 Å². The number of carboxylic acid groups (broad SMARTS) is 1. The van der Waals surface area contributed by atoms with Gasteiger partial charge in [-0.2, -0.15) is 0 Å². The third-order valence-corrected chi connectivity index (χ3v) is 5.51. The van der Waals surface area contributed by atoms with Gasteiger partial charge in [-0.15, -0.1) is 0 Å². The highest BCUT2D eigenvalue weighted by atomic mass is 16.4. The largest absolute Gasteiger partial charge is 0.481 e. The molecule has 0 aliphatic carbocycles. The van der Waals surface area contributed by atoms with Gasteiger partial charge in [-0.25, -0.2) is 4.79 Å². The summed E-state index contributed by atoms with van der Waals surface area (Å²) in [5.41, 5.74) is 2.29. The summed E-state index contributed by atoms with van der Waals surface area (Å²) in [5, 5.41) is 20.0. The second kappa shape index (κ2) is 10.0. The van der Waals surface area contributed by atoms with Gasteiger partial charge in [0.05, 0.1) is 12.0 Å². The molecular formula is C24H26N2O5. The van der Waals surface area contributed by atoms with Crippen molar-refractivity contribution in [1.29, 1.82) is 0 Å². The van der Waals surface area contributed by atoms with Gasteiger partial charge in [0.2, 0.25) is 0 Å². The van der Waals surface area contributed by atoms with Crippen LogP contribution in [0.25, 0.3) is 11.1 Å². The van der Waals surface area contributed by atoms with Crippen LogP contribution in [0.3, 0.4) is 0 Å². The number of aliphatic carboxylic acids is 1. The van der Waals surface area contributed by atoms with E-state index in [-0.39, 0.29) is 13.0 Å². The van der Waals surface area contributed by atoms with E-state index in [0.717, 1.165) is 21.3 Å². The Morgan fingerprint density at radius 1 is 0.935 bits per heavy atom. The van der Waals surface area contributed by atoms with Gasteiger partial charge in [0.15, 0.2) is 0 Å². The van der Waals surface area contributed by atoms with E-state index >= 15 is 0 Å².